The van der Waals surface area contributed by atoms with Crippen LogP contribution in [0.15, 0.2) is 53.4 Å². The van der Waals surface area contributed by atoms with Gasteiger partial charge in [0, 0.05) is 31.1 Å². The van der Waals surface area contributed by atoms with E-state index in [1.54, 1.807) is 28.8 Å². The van der Waals surface area contributed by atoms with Crippen LogP contribution in [0.4, 0.5) is 4.79 Å². The summed E-state index contributed by atoms with van der Waals surface area (Å²) < 4.78 is 5.43. The van der Waals surface area contributed by atoms with E-state index in [1.165, 1.54) is 28.9 Å². The number of hydrogen-bond acceptors (Lipinski definition) is 4. The Hall–Kier alpha value is -2.47. The molecule has 1 fully saturated rings. The van der Waals surface area contributed by atoms with Gasteiger partial charge in [0.1, 0.15) is 5.75 Å². The molecular weight excluding hydrogens is 384 g/mol. The third-order valence-electron chi connectivity index (χ3n) is 5.49. The largest absolute Gasteiger partial charge is 0.415 e. The van der Waals surface area contributed by atoms with Crippen LogP contribution in [0.3, 0.4) is 0 Å². The Morgan fingerprint density at radius 3 is 2.48 bits per heavy atom. The second-order valence-electron chi connectivity index (χ2n) is 7.48. The molecule has 1 aliphatic carbocycles. The van der Waals surface area contributed by atoms with E-state index in [1.807, 2.05) is 23.1 Å². The van der Waals surface area contributed by atoms with Crippen LogP contribution in [0.2, 0.25) is 0 Å². The molecule has 0 atom stereocenters. The molecule has 29 heavy (non-hydrogen) atoms. The number of carbonyl (C=O) groups is 2. The summed E-state index contributed by atoms with van der Waals surface area (Å²) >= 11 is 1.61. The molecule has 2 amide bonds. The molecule has 0 aromatic heterocycles. The molecule has 1 saturated heterocycles. The Kier molecular flexibility index (Phi) is 6.39. The first-order chi connectivity index (χ1) is 14.2. The van der Waals surface area contributed by atoms with Crippen molar-refractivity contribution >= 4 is 23.8 Å². The molecular formula is C23H26N2O3S. The van der Waals surface area contributed by atoms with Gasteiger partial charge < -0.3 is 14.5 Å². The number of ether oxygens (including phenoxy) is 1. The van der Waals surface area contributed by atoms with Crippen LogP contribution in [-0.2, 0) is 17.6 Å². The number of para-hydroxylation sites is 1. The number of aryl methyl sites for hydroxylation is 2. The summed E-state index contributed by atoms with van der Waals surface area (Å²) in [4.78, 5) is 29.8. The maximum Gasteiger partial charge on any atom is 0.415 e. The lowest BCUT2D eigenvalue weighted by Gasteiger charge is -2.21. The summed E-state index contributed by atoms with van der Waals surface area (Å²) in [6, 6.07) is 15.7. The topological polar surface area (TPSA) is 49.9 Å². The molecule has 4 rings (SSSR count). The lowest BCUT2D eigenvalue weighted by atomic mass is 10.1. The van der Waals surface area contributed by atoms with Crippen molar-refractivity contribution in [2.45, 2.75) is 30.6 Å². The van der Waals surface area contributed by atoms with Crippen molar-refractivity contribution in [1.29, 1.82) is 0 Å². The van der Waals surface area contributed by atoms with E-state index in [9.17, 15) is 9.59 Å². The highest BCUT2D eigenvalue weighted by Crippen LogP contribution is 2.27. The Balaban J connectivity index is 1.26. The van der Waals surface area contributed by atoms with Crippen LogP contribution >= 0.6 is 11.8 Å². The van der Waals surface area contributed by atoms with Crippen molar-refractivity contribution in [2.75, 3.05) is 31.9 Å². The van der Waals surface area contributed by atoms with Crippen LogP contribution in [0, 0.1) is 0 Å². The van der Waals surface area contributed by atoms with Gasteiger partial charge in [-0.25, -0.2) is 4.79 Å². The van der Waals surface area contributed by atoms with Gasteiger partial charge in [0.15, 0.2) is 0 Å². The number of carbonyl (C=O) groups excluding carboxylic acids is 2. The Morgan fingerprint density at radius 1 is 0.862 bits per heavy atom. The molecule has 152 valence electrons. The van der Waals surface area contributed by atoms with Gasteiger partial charge in [0.2, 0.25) is 5.91 Å². The first-order valence-electron chi connectivity index (χ1n) is 10.2. The molecule has 2 aromatic carbocycles. The number of thioether (sulfide) groups is 1. The third kappa shape index (κ3) is 5.12. The first kappa shape index (κ1) is 19.8. The molecule has 0 spiro atoms. The van der Waals surface area contributed by atoms with Gasteiger partial charge in [-0.3, -0.25) is 4.79 Å². The van der Waals surface area contributed by atoms with Crippen LogP contribution in [0.5, 0.6) is 5.75 Å². The van der Waals surface area contributed by atoms with E-state index < -0.39 is 0 Å². The minimum Gasteiger partial charge on any atom is -0.410 e. The highest BCUT2D eigenvalue weighted by Gasteiger charge is 2.23. The number of amides is 2. The fourth-order valence-corrected chi connectivity index (χ4v) is 4.74. The number of benzene rings is 2. The number of rotatable bonds is 4. The van der Waals surface area contributed by atoms with Gasteiger partial charge in [0.25, 0.3) is 0 Å². The van der Waals surface area contributed by atoms with Gasteiger partial charge in [-0.2, -0.15) is 0 Å². The van der Waals surface area contributed by atoms with Crippen molar-refractivity contribution in [3.8, 4) is 5.75 Å². The van der Waals surface area contributed by atoms with Crippen molar-refractivity contribution in [3.63, 3.8) is 0 Å². The molecule has 0 bridgehead atoms. The average Bonchev–Trinajstić information content (AvgIpc) is 3.06. The number of nitrogens with zero attached hydrogens (tertiary/aromatic N) is 2. The minimum atomic E-state index is -0.349. The highest BCUT2D eigenvalue weighted by molar-refractivity contribution is 8.00. The summed E-state index contributed by atoms with van der Waals surface area (Å²) in [6.07, 6.45) is 3.98. The van der Waals surface area contributed by atoms with E-state index in [0.29, 0.717) is 37.7 Å². The number of hydrogen-bond donors (Lipinski definition) is 0. The van der Waals surface area contributed by atoms with Crippen molar-refractivity contribution in [3.05, 3.63) is 59.7 Å². The predicted octanol–water partition coefficient (Wildman–Crippen LogP) is 4.00. The van der Waals surface area contributed by atoms with E-state index >= 15 is 0 Å². The van der Waals surface area contributed by atoms with Crippen molar-refractivity contribution in [2.24, 2.45) is 0 Å². The average molecular weight is 411 g/mol. The maximum absolute atomic E-state index is 12.7. The summed E-state index contributed by atoms with van der Waals surface area (Å²) in [7, 11) is 0. The second-order valence-corrected chi connectivity index (χ2v) is 8.52. The molecule has 6 heteroatoms. The van der Waals surface area contributed by atoms with Gasteiger partial charge in [-0.15, -0.1) is 11.8 Å². The fraction of sp³-hybridized carbons (Fsp3) is 0.391. The Morgan fingerprint density at radius 2 is 1.62 bits per heavy atom. The maximum atomic E-state index is 12.7. The zero-order valence-corrected chi connectivity index (χ0v) is 17.3. The Bertz CT molecular complexity index is 872. The monoisotopic (exact) mass is 410 g/mol. The summed E-state index contributed by atoms with van der Waals surface area (Å²) in [6.45, 7) is 2.33. The van der Waals surface area contributed by atoms with Crippen LogP contribution in [0.25, 0.3) is 0 Å². The minimum absolute atomic E-state index is 0.133. The van der Waals surface area contributed by atoms with Crippen LogP contribution < -0.4 is 4.74 Å². The summed E-state index contributed by atoms with van der Waals surface area (Å²) in [5.41, 5.74) is 2.89. The normalized spacial score (nSPS) is 16.3. The van der Waals surface area contributed by atoms with Gasteiger partial charge >= 0.3 is 6.09 Å². The smallest absolute Gasteiger partial charge is 0.410 e. The lowest BCUT2D eigenvalue weighted by molar-refractivity contribution is -0.128. The molecule has 0 unspecified atom stereocenters. The van der Waals surface area contributed by atoms with Crippen molar-refractivity contribution in [1.82, 2.24) is 9.80 Å². The van der Waals surface area contributed by atoms with E-state index in [0.717, 1.165) is 12.8 Å². The van der Waals surface area contributed by atoms with Crippen LogP contribution in [0.1, 0.15) is 24.0 Å². The van der Waals surface area contributed by atoms with Gasteiger partial charge in [0.05, 0.1) is 5.75 Å². The first-order valence-corrected chi connectivity index (χ1v) is 11.2. The van der Waals surface area contributed by atoms with E-state index in [2.05, 4.69) is 18.2 Å². The zero-order valence-electron chi connectivity index (χ0n) is 16.5. The molecule has 2 aromatic rings. The molecule has 0 N–H and O–H groups in total. The standard InChI is InChI=1S/C23H26N2O3S/c26-22(17-29-21-11-10-18-6-4-7-19(18)16-21)24-12-5-13-25(15-14-24)23(27)28-20-8-2-1-3-9-20/h1-3,8-11,16H,4-7,12-15,17H2. The van der Waals surface area contributed by atoms with Crippen LogP contribution in [-0.4, -0.2) is 53.7 Å². The lowest BCUT2D eigenvalue weighted by Crippen LogP contribution is -2.39. The fourth-order valence-electron chi connectivity index (χ4n) is 3.88. The second kappa shape index (κ2) is 9.35. The zero-order chi connectivity index (χ0) is 20.1. The Labute approximate surface area is 176 Å². The summed E-state index contributed by atoms with van der Waals surface area (Å²) in [5.74, 6) is 1.11. The van der Waals surface area contributed by atoms with Crippen molar-refractivity contribution < 1.29 is 14.3 Å². The molecule has 2 aliphatic rings. The third-order valence-corrected chi connectivity index (χ3v) is 6.47. The van der Waals surface area contributed by atoms with Gasteiger partial charge in [-0.1, -0.05) is 24.3 Å². The molecule has 1 heterocycles. The molecule has 0 radical (unpaired) electrons. The summed E-state index contributed by atoms with van der Waals surface area (Å²) in [5, 5.41) is 0. The molecule has 0 saturated carbocycles. The quantitative estimate of drug-likeness (QED) is 0.715. The molecule has 1 aliphatic heterocycles. The SMILES string of the molecule is O=C(CSc1ccc2c(c1)CCC2)N1CCCN(C(=O)Oc2ccccc2)CC1. The molecule has 5 nitrogen and oxygen atoms in total. The van der Waals surface area contributed by atoms with E-state index in [-0.39, 0.29) is 12.0 Å². The highest BCUT2D eigenvalue weighted by atomic mass is 32.2. The predicted molar refractivity (Wildman–Crippen MR) is 114 cm³/mol. The van der Waals surface area contributed by atoms with E-state index in [4.69, 9.17) is 4.74 Å². The number of fused-ring (bicyclic) bond motifs is 1. The van der Waals surface area contributed by atoms with Gasteiger partial charge in [-0.05, 0) is 61.1 Å².